The first-order valence-corrected chi connectivity index (χ1v) is 7.28. The van der Waals surface area contributed by atoms with Crippen LogP contribution in [0, 0.1) is 0 Å². The third kappa shape index (κ3) is 2.34. The summed E-state index contributed by atoms with van der Waals surface area (Å²) in [7, 11) is 3.05. The van der Waals surface area contributed by atoms with E-state index in [0.717, 1.165) is 11.1 Å². The second-order valence-electron chi connectivity index (χ2n) is 4.79. The van der Waals surface area contributed by atoms with Gasteiger partial charge in [-0.2, -0.15) is 5.10 Å². The minimum absolute atomic E-state index is 0.400. The van der Waals surface area contributed by atoms with E-state index < -0.39 is 5.97 Å². The molecule has 0 aliphatic carbocycles. The number of rotatable bonds is 2. The summed E-state index contributed by atoms with van der Waals surface area (Å²) in [5.41, 5.74) is 2.66. The van der Waals surface area contributed by atoms with E-state index in [1.165, 1.54) is 11.8 Å². The second kappa shape index (κ2) is 5.63. The zero-order valence-electron chi connectivity index (χ0n) is 11.9. The fourth-order valence-corrected chi connectivity index (χ4v) is 2.87. The maximum atomic E-state index is 11.9. The molecule has 0 radical (unpaired) electrons. The number of ether oxygens (including phenoxy) is 1. The standard InChI is InChI=1S/C16H12Cl2N2O2/c1-20-15(16(21)22-2)11-5-3-4-10(14(11)19-20)12-8-9(17)6-7-13(12)18/h3-8H,1-2H3. The predicted octanol–water partition coefficient (Wildman–Crippen LogP) is 4.33. The summed E-state index contributed by atoms with van der Waals surface area (Å²) in [6.07, 6.45) is 0. The van der Waals surface area contributed by atoms with Crippen molar-refractivity contribution in [2.24, 2.45) is 7.05 Å². The Morgan fingerprint density at radius 2 is 1.95 bits per heavy atom. The van der Waals surface area contributed by atoms with E-state index >= 15 is 0 Å². The van der Waals surface area contributed by atoms with E-state index in [4.69, 9.17) is 27.9 Å². The minimum atomic E-state index is -0.431. The summed E-state index contributed by atoms with van der Waals surface area (Å²) < 4.78 is 6.34. The van der Waals surface area contributed by atoms with Gasteiger partial charge in [0.1, 0.15) is 5.52 Å². The average molecular weight is 335 g/mol. The summed E-state index contributed by atoms with van der Waals surface area (Å²) in [6.45, 7) is 0. The van der Waals surface area contributed by atoms with E-state index in [1.54, 1.807) is 25.2 Å². The van der Waals surface area contributed by atoms with Crippen LogP contribution >= 0.6 is 23.2 Å². The Labute approximate surface area is 137 Å². The van der Waals surface area contributed by atoms with Crippen LogP contribution in [0.15, 0.2) is 36.4 Å². The summed E-state index contributed by atoms with van der Waals surface area (Å²) in [6, 6.07) is 10.8. The lowest BCUT2D eigenvalue weighted by molar-refractivity contribution is 0.0590. The van der Waals surface area contributed by atoms with Crippen molar-refractivity contribution in [2.75, 3.05) is 7.11 Å². The monoisotopic (exact) mass is 334 g/mol. The molecule has 0 aliphatic rings. The van der Waals surface area contributed by atoms with Crippen molar-refractivity contribution in [3.8, 4) is 11.1 Å². The van der Waals surface area contributed by atoms with Crippen molar-refractivity contribution >= 4 is 40.1 Å². The molecule has 0 fully saturated rings. The van der Waals surface area contributed by atoms with E-state index in [2.05, 4.69) is 5.10 Å². The molecule has 1 aromatic heterocycles. The maximum Gasteiger partial charge on any atom is 0.356 e. The van der Waals surface area contributed by atoms with Crippen LogP contribution in [0.1, 0.15) is 10.5 Å². The van der Waals surface area contributed by atoms with Crippen LogP contribution in [0.2, 0.25) is 10.0 Å². The molecule has 0 spiro atoms. The number of methoxy groups -OCH3 is 1. The number of carbonyl (C=O) groups excluding carboxylic acids is 1. The highest BCUT2D eigenvalue weighted by molar-refractivity contribution is 6.35. The molecule has 6 heteroatoms. The van der Waals surface area contributed by atoms with Crippen molar-refractivity contribution < 1.29 is 9.53 Å². The first-order valence-electron chi connectivity index (χ1n) is 6.52. The molecule has 0 saturated heterocycles. The number of carbonyl (C=O) groups is 1. The Balaban J connectivity index is 2.33. The first-order chi connectivity index (χ1) is 10.5. The fourth-order valence-electron chi connectivity index (χ4n) is 2.48. The Morgan fingerprint density at radius 1 is 1.18 bits per heavy atom. The largest absolute Gasteiger partial charge is 0.464 e. The van der Waals surface area contributed by atoms with Gasteiger partial charge in [-0.05, 0) is 18.2 Å². The van der Waals surface area contributed by atoms with Crippen LogP contribution in [0.5, 0.6) is 0 Å². The smallest absolute Gasteiger partial charge is 0.356 e. The molecule has 3 aromatic rings. The Hall–Kier alpha value is -2.04. The normalized spacial score (nSPS) is 10.9. The molecule has 0 saturated carbocycles. The minimum Gasteiger partial charge on any atom is -0.464 e. The molecule has 22 heavy (non-hydrogen) atoms. The van der Waals surface area contributed by atoms with Crippen molar-refractivity contribution in [1.82, 2.24) is 9.78 Å². The highest BCUT2D eigenvalue weighted by Gasteiger charge is 2.20. The van der Waals surface area contributed by atoms with Crippen molar-refractivity contribution in [3.63, 3.8) is 0 Å². The van der Waals surface area contributed by atoms with Gasteiger partial charge < -0.3 is 4.74 Å². The predicted molar refractivity (Wildman–Crippen MR) is 87.5 cm³/mol. The molecule has 1 heterocycles. The maximum absolute atomic E-state index is 11.9. The molecule has 0 amide bonds. The number of esters is 1. The third-order valence-electron chi connectivity index (χ3n) is 3.46. The highest BCUT2D eigenvalue weighted by Crippen LogP contribution is 2.35. The lowest BCUT2D eigenvalue weighted by Gasteiger charge is -2.06. The van der Waals surface area contributed by atoms with Gasteiger partial charge >= 0.3 is 5.97 Å². The molecule has 4 nitrogen and oxygen atoms in total. The van der Waals surface area contributed by atoms with E-state index in [-0.39, 0.29) is 0 Å². The number of aromatic nitrogens is 2. The van der Waals surface area contributed by atoms with Crippen molar-refractivity contribution in [2.45, 2.75) is 0 Å². The molecule has 112 valence electrons. The van der Waals surface area contributed by atoms with Gasteiger partial charge in [-0.25, -0.2) is 4.79 Å². The first kappa shape index (κ1) is 14.9. The number of hydrogen-bond donors (Lipinski definition) is 0. The zero-order valence-corrected chi connectivity index (χ0v) is 13.4. The molecular weight excluding hydrogens is 323 g/mol. The summed E-state index contributed by atoms with van der Waals surface area (Å²) in [5, 5.41) is 6.31. The molecule has 3 rings (SSSR count). The third-order valence-corrected chi connectivity index (χ3v) is 4.03. The van der Waals surface area contributed by atoms with E-state index in [0.29, 0.717) is 26.6 Å². The number of fused-ring (bicyclic) bond motifs is 1. The molecule has 0 atom stereocenters. The second-order valence-corrected chi connectivity index (χ2v) is 5.63. The number of nitrogens with zero attached hydrogens (tertiary/aromatic N) is 2. The molecule has 0 bridgehead atoms. The SMILES string of the molecule is COC(=O)c1c2cccc(-c3cc(Cl)ccc3Cl)c2nn1C. The summed E-state index contributed by atoms with van der Waals surface area (Å²) in [4.78, 5) is 11.9. The Bertz CT molecular complexity index is 887. The number of hydrogen-bond acceptors (Lipinski definition) is 3. The van der Waals surface area contributed by atoms with Gasteiger partial charge in [0.15, 0.2) is 5.69 Å². The van der Waals surface area contributed by atoms with Gasteiger partial charge in [0.2, 0.25) is 0 Å². The quantitative estimate of drug-likeness (QED) is 0.655. The Morgan fingerprint density at radius 3 is 2.68 bits per heavy atom. The van der Waals surface area contributed by atoms with Gasteiger partial charge in [-0.1, -0.05) is 41.4 Å². The van der Waals surface area contributed by atoms with Crippen molar-refractivity contribution in [1.29, 1.82) is 0 Å². The van der Waals surface area contributed by atoms with Crippen LogP contribution in [-0.4, -0.2) is 22.9 Å². The lowest BCUT2D eigenvalue weighted by atomic mass is 10.0. The highest BCUT2D eigenvalue weighted by atomic mass is 35.5. The van der Waals surface area contributed by atoms with Crippen molar-refractivity contribution in [3.05, 3.63) is 52.1 Å². The van der Waals surface area contributed by atoms with Gasteiger partial charge in [-0.15, -0.1) is 0 Å². The molecule has 0 N–H and O–H groups in total. The zero-order chi connectivity index (χ0) is 15.9. The van der Waals surface area contributed by atoms with Gasteiger partial charge in [0, 0.05) is 33.6 Å². The van der Waals surface area contributed by atoms with Gasteiger partial charge in [0.25, 0.3) is 0 Å². The summed E-state index contributed by atoms with van der Waals surface area (Å²) >= 11 is 12.4. The van der Waals surface area contributed by atoms with Crippen LogP contribution in [0.4, 0.5) is 0 Å². The summed E-state index contributed by atoms with van der Waals surface area (Å²) in [5.74, 6) is -0.431. The average Bonchev–Trinajstić information content (AvgIpc) is 2.85. The van der Waals surface area contributed by atoms with E-state index in [9.17, 15) is 4.79 Å². The molecular formula is C16H12Cl2N2O2. The Kier molecular flexibility index (Phi) is 3.81. The molecule has 2 aromatic carbocycles. The molecule has 0 aliphatic heterocycles. The van der Waals surface area contributed by atoms with Gasteiger partial charge in [0.05, 0.1) is 7.11 Å². The van der Waals surface area contributed by atoms with Crippen LogP contribution in [0.25, 0.3) is 22.0 Å². The van der Waals surface area contributed by atoms with Crippen LogP contribution in [-0.2, 0) is 11.8 Å². The number of halogens is 2. The van der Waals surface area contributed by atoms with Crippen LogP contribution < -0.4 is 0 Å². The molecule has 0 unspecified atom stereocenters. The topological polar surface area (TPSA) is 44.1 Å². The lowest BCUT2D eigenvalue weighted by Crippen LogP contribution is -2.08. The van der Waals surface area contributed by atoms with Crippen LogP contribution in [0.3, 0.4) is 0 Å². The fraction of sp³-hybridized carbons (Fsp3) is 0.125. The van der Waals surface area contributed by atoms with Gasteiger partial charge in [-0.3, -0.25) is 4.68 Å². The number of benzene rings is 2. The van der Waals surface area contributed by atoms with E-state index in [1.807, 2.05) is 18.2 Å². The number of aryl methyl sites for hydroxylation is 1.